The Morgan fingerprint density at radius 1 is 1.33 bits per heavy atom. The summed E-state index contributed by atoms with van der Waals surface area (Å²) in [6.45, 7) is 1.64. The summed E-state index contributed by atoms with van der Waals surface area (Å²) in [6, 6.07) is 6.29. The fourth-order valence-electron chi connectivity index (χ4n) is 3.32. The van der Waals surface area contributed by atoms with E-state index < -0.39 is 12.0 Å². The number of hydrogen-bond acceptors (Lipinski definition) is 6. The molecule has 0 spiro atoms. The van der Waals surface area contributed by atoms with Gasteiger partial charge in [0.05, 0.1) is 5.39 Å². The van der Waals surface area contributed by atoms with Crippen molar-refractivity contribution in [3.63, 3.8) is 0 Å². The number of esters is 1. The quantitative estimate of drug-likeness (QED) is 0.621. The van der Waals surface area contributed by atoms with Crippen molar-refractivity contribution < 1.29 is 9.53 Å². The molecule has 1 aromatic carbocycles. The number of ether oxygens (including phenoxy) is 1. The highest BCUT2D eigenvalue weighted by Gasteiger charge is 2.25. The third-order valence-corrected chi connectivity index (χ3v) is 6.39. The van der Waals surface area contributed by atoms with Crippen molar-refractivity contribution in [3.05, 3.63) is 55.6 Å². The highest BCUT2D eigenvalue weighted by Crippen LogP contribution is 2.33. The van der Waals surface area contributed by atoms with Crippen molar-refractivity contribution in [2.75, 3.05) is 0 Å². The van der Waals surface area contributed by atoms with Crippen LogP contribution in [0.3, 0.4) is 0 Å². The Balaban J connectivity index is 1.59. The number of nitrogens with zero attached hydrogens (tertiary/aromatic N) is 3. The van der Waals surface area contributed by atoms with Gasteiger partial charge in [0.15, 0.2) is 10.9 Å². The average molecular weight is 404 g/mol. The van der Waals surface area contributed by atoms with Gasteiger partial charge in [0.25, 0.3) is 5.56 Å². The molecular weight excluding hydrogens is 386 g/mol. The van der Waals surface area contributed by atoms with Gasteiger partial charge in [-0.25, -0.2) is 4.79 Å². The lowest BCUT2D eigenvalue weighted by atomic mass is 9.97. The number of carbonyl (C=O) groups excluding carboxylic acids is 1. The van der Waals surface area contributed by atoms with Crippen LogP contribution in [-0.2, 0) is 29.0 Å². The maximum atomic E-state index is 13.0. The number of aryl methyl sites for hydroxylation is 2. The lowest BCUT2D eigenvalue weighted by molar-refractivity contribution is -0.148. The van der Waals surface area contributed by atoms with E-state index in [4.69, 9.17) is 16.3 Å². The van der Waals surface area contributed by atoms with Gasteiger partial charge in [-0.05, 0) is 44.2 Å². The zero-order valence-corrected chi connectivity index (χ0v) is 16.3. The van der Waals surface area contributed by atoms with Gasteiger partial charge in [0.2, 0.25) is 0 Å². The molecule has 2 aromatic heterocycles. The molecule has 0 amide bonds. The monoisotopic (exact) mass is 403 g/mol. The molecule has 1 aliphatic carbocycles. The van der Waals surface area contributed by atoms with Crippen LogP contribution in [0.25, 0.3) is 10.2 Å². The van der Waals surface area contributed by atoms with Crippen LogP contribution < -0.4 is 5.56 Å². The number of hydrogen-bond donors (Lipinski definition) is 0. The second-order valence-electron chi connectivity index (χ2n) is 6.61. The first-order valence-corrected chi connectivity index (χ1v) is 10.1. The summed E-state index contributed by atoms with van der Waals surface area (Å²) in [7, 11) is 0. The van der Waals surface area contributed by atoms with Crippen molar-refractivity contribution in [2.45, 2.75) is 45.3 Å². The van der Waals surface area contributed by atoms with E-state index in [9.17, 15) is 9.59 Å². The second-order valence-corrected chi connectivity index (χ2v) is 8.10. The summed E-state index contributed by atoms with van der Waals surface area (Å²) in [5, 5.41) is 9.30. The molecule has 0 saturated heterocycles. The predicted octanol–water partition coefficient (Wildman–Crippen LogP) is 3.69. The fourth-order valence-corrected chi connectivity index (χ4v) is 4.71. The van der Waals surface area contributed by atoms with Crippen molar-refractivity contribution >= 4 is 39.1 Å². The molecule has 6 nitrogen and oxygen atoms in total. The molecule has 0 saturated carbocycles. The van der Waals surface area contributed by atoms with Crippen LogP contribution in [0.4, 0.5) is 0 Å². The van der Waals surface area contributed by atoms with Crippen LogP contribution in [0.5, 0.6) is 0 Å². The molecule has 0 fully saturated rings. The number of fused-ring (bicyclic) bond motifs is 3. The minimum Gasteiger partial charge on any atom is -0.459 e. The number of thiophene rings is 1. The Morgan fingerprint density at radius 3 is 2.93 bits per heavy atom. The van der Waals surface area contributed by atoms with Crippen molar-refractivity contribution in [1.82, 2.24) is 15.0 Å². The van der Waals surface area contributed by atoms with Crippen molar-refractivity contribution in [1.29, 1.82) is 0 Å². The third-order valence-electron chi connectivity index (χ3n) is 4.84. The summed E-state index contributed by atoms with van der Waals surface area (Å²) in [6.07, 6.45) is 4.05. The fraction of sp³-hybridized carbons (Fsp3) is 0.368. The standard InChI is InChI=1S/C19H18ClN3O3S/c1-11(19(25)26-10-12-6-2-4-8-14(12)20)23-18(24)16-13-7-3-5-9-15(13)27-17(16)21-22-23/h2,4,6,8,11H,3,5,7,9-10H2,1H3/t11-/m1/s1. The maximum Gasteiger partial charge on any atom is 0.331 e. The Morgan fingerprint density at radius 2 is 2.11 bits per heavy atom. The number of aromatic nitrogens is 3. The molecule has 8 heteroatoms. The molecule has 2 heterocycles. The number of rotatable bonds is 4. The molecule has 0 bridgehead atoms. The van der Waals surface area contributed by atoms with Crippen LogP contribution in [0, 0.1) is 0 Å². The van der Waals surface area contributed by atoms with E-state index in [1.54, 1.807) is 19.1 Å². The number of halogens is 1. The molecule has 0 N–H and O–H groups in total. The van der Waals surface area contributed by atoms with Crippen molar-refractivity contribution in [3.8, 4) is 0 Å². The molecule has 4 rings (SSSR count). The third kappa shape index (κ3) is 3.37. The predicted molar refractivity (Wildman–Crippen MR) is 104 cm³/mol. The molecule has 1 atom stereocenters. The topological polar surface area (TPSA) is 74.1 Å². The molecule has 27 heavy (non-hydrogen) atoms. The van der Waals surface area contributed by atoms with Gasteiger partial charge in [-0.2, -0.15) is 4.68 Å². The van der Waals surface area contributed by atoms with Crippen LogP contribution in [-0.4, -0.2) is 21.0 Å². The summed E-state index contributed by atoms with van der Waals surface area (Å²) in [5.41, 5.74) is 1.51. The Hall–Kier alpha value is -2.25. The Kier molecular flexibility index (Phi) is 4.97. The summed E-state index contributed by atoms with van der Waals surface area (Å²) in [4.78, 5) is 27.3. The van der Waals surface area contributed by atoms with Crippen LogP contribution >= 0.6 is 22.9 Å². The van der Waals surface area contributed by atoms with E-state index >= 15 is 0 Å². The number of benzene rings is 1. The lowest BCUT2D eigenvalue weighted by Gasteiger charge is -2.14. The number of carbonyl (C=O) groups is 1. The zero-order chi connectivity index (χ0) is 19.0. The normalized spacial score (nSPS) is 14.7. The average Bonchev–Trinajstić information content (AvgIpc) is 3.06. The first kappa shape index (κ1) is 18.1. The van der Waals surface area contributed by atoms with Gasteiger partial charge >= 0.3 is 5.97 Å². The van der Waals surface area contributed by atoms with Crippen LogP contribution in [0.2, 0.25) is 5.02 Å². The first-order valence-electron chi connectivity index (χ1n) is 8.86. The summed E-state index contributed by atoms with van der Waals surface area (Å²) >= 11 is 7.62. The van der Waals surface area contributed by atoms with Gasteiger partial charge in [-0.3, -0.25) is 4.79 Å². The molecule has 0 radical (unpaired) electrons. The largest absolute Gasteiger partial charge is 0.459 e. The highest BCUT2D eigenvalue weighted by molar-refractivity contribution is 7.18. The Bertz CT molecular complexity index is 1080. The minimum absolute atomic E-state index is 0.0428. The van der Waals surface area contributed by atoms with Gasteiger partial charge in [-0.15, -0.1) is 16.4 Å². The van der Waals surface area contributed by atoms with Crippen molar-refractivity contribution in [2.24, 2.45) is 0 Å². The Labute approximate surface area is 164 Å². The van der Waals surface area contributed by atoms with Crippen LogP contribution in [0.1, 0.15) is 41.8 Å². The van der Waals surface area contributed by atoms with E-state index in [-0.39, 0.29) is 12.2 Å². The highest BCUT2D eigenvalue weighted by atomic mass is 35.5. The molecule has 0 unspecified atom stereocenters. The second kappa shape index (κ2) is 7.40. The van der Waals surface area contributed by atoms with E-state index in [0.29, 0.717) is 20.8 Å². The first-order chi connectivity index (χ1) is 13.1. The maximum absolute atomic E-state index is 13.0. The molecule has 140 valence electrons. The van der Waals surface area contributed by atoms with Crippen LogP contribution in [0.15, 0.2) is 29.1 Å². The van der Waals surface area contributed by atoms with Gasteiger partial charge < -0.3 is 4.74 Å². The van der Waals surface area contributed by atoms with Gasteiger partial charge in [0.1, 0.15) is 6.61 Å². The smallest absolute Gasteiger partial charge is 0.331 e. The zero-order valence-electron chi connectivity index (χ0n) is 14.8. The molecule has 1 aliphatic rings. The van der Waals surface area contributed by atoms with Gasteiger partial charge in [0, 0.05) is 15.5 Å². The SMILES string of the molecule is C[C@H](C(=O)OCc1ccccc1Cl)n1nnc2sc3c(c2c1=O)CCCC3. The van der Waals surface area contributed by atoms with Gasteiger partial charge in [-0.1, -0.05) is 35.0 Å². The lowest BCUT2D eigenvalue weighted by Crippen LogP contribution is -2.32. The molecular formula is C19H18ClN3O3S. The molecule has 0 aliphatic heterocycles. The van der Waals surface area contributed by atoms with E-state index in [0.717, 1.165) is 35.9 Å². The van der Waals surface area contributed by atoms with E-state index in [1.807, 2.05) is 12.1 Å². The summed E-state index contributed by atoms with van der Waals surface area (Å²) in [5.74, 6) is -0.547. The minimum atomic E-state index is -0.865. The van der Waals surface area contributed by atoms with E-state index in [2.05, 4.69) is 10.3 Å². The summed E-state index contributed by atoms with van der Waals surface area (Å²) < 4.78 is 6.46. The molecule has 3 aromatic rings. The van der Waals surface area contributed by atoms with E-state index in [1.165, 1.54) is 16.2 Å².